The van der Waals surface area contributed by atoms with Gasteiger partial charge in [-0.3, -0.25) is 0 Å². The average Bonchev–Trinajstić information content (AvgIpc) is 3.14. The molecule has 0 saturated carbocycles. The van der Waals surface area contributed by atoms with E-state index in [1.54, 1.807) is 0 Å². The second-order valence-corrected chi connectivity index (χ2v) is 17.1. The van der Waals surface area contributed by atoms with E-state index < -0.39 is 0 Å². The van der Waals surface area contributed by atoms with Crippen LogP contribution in [0.3, 0.4) is 0 Å². The number of hydrogen-bond donors (Lipinski definition) is 1. The molecule has 0 aromatic carbocycles. The van der Waals surface area contributed by atoms with Gasteiger partial charge >= 0.3 is 0 Å². The number of rotatable bonds is 47. The van der Waals surface area contributed by atoms with Gasteiger partial charge in [-0.25, -0.2) is 0 Å². The highest BCUT2D eigenvalue weighted by Crippen LogP contribution is 2.18. The van der Waals surface area contributed by atoms with Crippen LogP contribution < -0.4 is 0 Å². The van der Waals surface area contributed by atoms with Crippen LogP contribution >= 0.6 is 0 Å². The highest BCUT2D eigenvalue weighted by atomic mass is 16.2. The fourth-order valence-corrected chi connectivity index (χ4v) is 8.19. The minimum absolute atomic E-state index is 1.04. The molecule has 0 rings (SSSR count). The normalized spacial score (nSPS) is 11.8. The lowest BCUT2D eigenvalue weighted by Gasteiger charge is -2.05. The molecule has 1 nitrogen and oxygen atoms in total. The van der Waals surface area contributed by atoms with Gasteiger partial charge in [0, 0.05) is 0 Å². The van der Waals surface area contributed by atoms with Crippen LogP contribution in [0.1, 0.15) is 309 Å². The Morgan fingerprint density at radius 3 is 0.490 bits per heavy atom. The summed E-state index contributed by atoms with van der Waals surface area (Å²) in [6.45, 7) is 2.31. The second kappa shape index (κ2) is 49.5. The Kier molecular flexibility index (Phi) is 49.1. The lowest BCUT2D eigenvalue weighted by molar-refractivity contribution is 0.469. The molecule has 306 valence electrons. The Bertz CT molecular complexity index is 596. The molecule has 1 heteroatoms. The molecule has 0 radical (unpaired) electrons. The molecule has 0 aromatic rings. The molecule has 0 unspecified atom stereocenters. The van der Waals surface area contributed by atoms with Gasteiger partial charge in [-0.2, -0.15) is 0 Å². The zero-order valence-electron chi connectivity index (χ0n) is 35.8. The van der Waals surface area contributed by atoms with Crippen molar-refractivity contribution < 1.29 is 5.11 Å². The molecular weight excluding hydrogens is 617 g/mol. The lowest BCUT2D eigenvalue weighted by atomic mass is 10.0. The Hall–Kier alpha value is -0.460. The van der Waals surface area contributed by atoms with Crippen molar-refractivity contribution in [3.8, 4) is 0 Å². The minimum atomic E-state index is 1.04. The van der Waals surface area contributed by atoms with Crippen molar-refractivity contribution in [2.45, 2.75) is 309 Å². The maximum Gasteiger partial charge on any atom is 0.0751 e. The van der Waals surface area contributed by atoms with Crippen molar-refractivity contribution in [1.82, 2.24) is 0 Å². The van der Waals surface area contributed by atoms with Gasteiger partial charge in [0.15, 0.2) is 0 Å². The Labute approximate surface area is 325 Å². The van der Waals surface area contributed by atoms with Gasteiger partial charge in [-0.05, 0) is 12.8 Å². The molecule has 0 amide bonds. The van der Waals surface area contributed by atoms with Gasteiger partial charge in [-0.15, -0.1) is 0 Å². The van der Waals surface area contributed by atoms with E-state index in [1.807, 2.05) is 6.08 Å². The minimum Gasteiger partial charge on any atom is -0.516 e. The SMILES string of the molecule is CCCCCCCCCCCCCCCCCCCCCCCCCCCCCCCCCCCCCCCCCCCCCCCCC=CO. The Morgan fingerprint density at radius 2 is 0.353 bits per heavy atom. The maximum atomic E-state index is 8.63. The Balaban J connectivity index is 3.05. The third-order valence-corrected chi connectivity index (χ3v) is 11.8. The molecule has 0 bridgehead atoms. The molecule has 0 aromatic heterocycles. The summed E-state index contributed by atoms with van der Waals surface area (Å²) in [5.74, 6) is 0. The number of hydrogen-bond acceptors (Lipinski definition) is 1. The predicted octanol–water partition coefficient (Wildman–Crippen LogP) is 19.4. The third kappa shape index (κ3) is 49.5. The van der Waals surface area contributed by atoms with Crippen LogP contribution in [0.4, 0.5) is 0 Å². The average molecular weight is 717 g/mol. The zero-order valence-corrected chi connectivity index (χ0v) is 35.8. The van der Waals surface area contributed by atoms with Gasteiger partial charge in [-0.1, -0.05) is 302 Å². The van der Waals surface area contributed by atoms with Gasteiger partial charge in [0.25, 0.3) is 0 Å². The molecule has 0 aliphatic rings. The summed E-state index contributed by atoms with van der Waals surface area (Å²) in [5.41, 5.74) is 0. The molecule has 0 heterocycles. The summed E-state index contributed by atoms with van der Waals surface area (Å²) >= 11 is 0. The summed E-state index contributed by atoms with van der Waals surface area (Å²) in [6.07, 6.45) is 71.6. The van der Waals surface area contributed by atoms with Crippen molar-refractivity contribution >= 4 is 0 Å². The highest BCUT2D eigenvalue weighted by molar-refractivity contribution is 4.70. The molecular formula is C50H100O. The van der Waals surface area contributed by atoms with Crippen molar-refractivity contribution in [2.24, 2.45) is 0 Å². The van der Waals surface area contributed by atoms with Gasteiger partial charge in [0.2, 0.25) is 0 Å². The van der Waals surface area contributed by atoms with Crippen LogP contribution in [0.15, 0.2) is 12.3 Å². The maximum absolute atomic E-state index is 8.63. The first kappa shape index (κ1) is 50.5. The Morgan fingerprint density at radius 1 is 0.216 bits per heavy atom. The van der Waals surface area contributed by atoms with Crippen LogP contribution in [0, 0.1) is 0 Å². The predicted molar refractivity (Wildman–Crippen MR) is 234 cm³/mol. The van der Waals surface area contributed by atoms with E-state index >= 15 is 0 Å². The smallest absolute Gasteiger partial charge is 0.0751 e. The molecule has 0 aliphatic carbocycles. The van der Waals surface area contributed by atoms with Crippen LogP contribution in [-0.4, -0.2) is 5.11 Å². The molecule has 51 heavy (non-hydrogen) atoms. The largest absolute Gasteiger partial charge is 0.516 e. The van der Waals surface area contributed by atoms with Crippen LogP contribution in [-0.2, 0) is 0 Å². The monoisotopic (exact) mass is 717 g/mol. The van der Waals surface area contributed by atoms with Gasteiger partial charge < -0.3 is 5.11 Å². The van der Waals surface area contributed by atoms with E-state index in [0.717, 1.165) is 6.42 Å². The first-order chi connectivity index (χ1) is 25.4. The summed E-state index contributed by atoms with van der Waals surface area (Å²) in [7, 11) is 0. The molecule has 0 aliphatic heterocycles. The quantitative estimate of drug-likeness (QED) is 0.0491. The van der Waals surface area contributed by atoms with Crippen LogP contribution in [0.5, 0.6) is 0 Å². The van der Waals surface area contributed by atoms with E-state index in [9.17, 15) is 0 Å². The topological polar surface area (TPSA) is 20.2 Å². The molecule has 0 spiro atoms. The first-order valence-corrected chi connectivity index (χ1v) is 24.7. The van der Waals surface area contributed by atoms with Crippen molar-refractivity contribution in [1.29, 1.82) is 0 Å². The standard InChI is InChI=1S/C50H100O/c1-2-3-4-5-6-7-8-9-10-11-12-13-14-15-16-17-18-19-20-21-22-23-24-25-26-27-28-29-30-31-32-33-34-35-36-37-38-39-40-41-42-43-44-45-46-47-48-49-50-51/h49-51H,2-48H2,1H3. The summed E-state index contributed by atoms with van der Waals surface area (Å²) in [4.78, 5) is 0. The van der Waals surface area contributed by atoms with Crippen molar-refractivity contribution in [3.63, 3.8) is 0 Å². The summed E-state index contributed by atoms with van der Waals surface area (Å²) < 4.78 is 0. The third-order valence-electron chi connectivity index (χ3n) is 11.8. The number of allylic oxidation sites excluding steroid dienone is 1. The van der Waals surface area contributed by atoms with E-state index in [1.165, 1.54) is 302 Å². The van der Waals surface area contributed by atoms with E-state index in [0.29, 0.717) is 0 Å². The molecule has 0 fully saturated rings. The van der Waals surface area contributed by atoms with E-state index in [2.05, 4.69) is 6.92 Å². The van der Waals surface area contributed by atoms with Gasteiger partial charge in [0.1, 0.15) is 0 Å². The molecule has 0 atom stereocenters. The number of aliphatic hydroxyl groups is 1. The van der Waals surface area contributed by atoms with Crippen LogP contribution in [0.2, 0.25) is 0 Å². The van der Waals surface area contributed by atoms with E-state index in [-0.39, 0.29) is 0 Å². The fraction of sp³-hybridized carbons (Fsp3) is 0.960. The van der Waals surface area contributed by atoms with Crippen molar-refractivity contribution in [2.75, 3.05) is 0 Å². The van der Waals surface area contributed by atoms with Gasteiger partial charge in [0.05, 0.1) is 6.26 Å². The summed E-state index contributed by atoms with van der Waals surface area (Å²) in [6, 6.07) is 0. The van der Waals surface area contributed by atoms with Crippen molar-refractivity contribution in [3.05, 3.63) is 12.3 Å². The number of unbranched alkanes of at least 4 members (excludes halogenated alkanes) is 46. The van der Waals surface area contributed by atoms with E-state index in [4.69, 9.17) is 5.11 Å². The molecule has 1 N–H and O–H groups in total. The molecule has 0 saturated heterocycles. The second-order valence-electron chi connectivity index (χ2n) is 17.1. The summed E-state index contributed by atoms with van der Waals surface area (Å²) in [5, 5.41) is 8.63. The highest BCUT2D eigenvalue weighted by Gasteiger charge is 1.98. The fourth-order valence-electron chi connectivity index (χ4n) is 8.19. The van der Waals surface area contributed by atoms with Crippen LogP contribution in [0.25, 0.3) is 0 Å². The lowest BCUT2D eigenvalue weighted by Crippen LogP contribution is -1.85. The first-order valence-electron chi connectivity index (χ1n) is 24.7. The number of aliphatic hydroxyl groups excluding tert-OH is 1. The zero-order chi connectivity index (χ0) is 36.6.